The van der Waals surface area contributed by atoms with E-state index < -0.39 is 0 Å². The van der Waals surface area contributed by atoms with Gasteiger partial charge in [-0.1, -0.05) is 12.1 Å². The van der Waals surface area contributed by atoms with Gasteiger partial charge in [0.2, 0.25) is 0 Å². The van der Waals surface area contributed by atoms with Crippen molar-refractivity contribution in [2.75, 3.05) is 6.61 Å². The van der Waals surface area contributed by atoms with Crippen LogP contribution in [0.1, 0.15) is 41.4 Å². The highest BCUT2D eigenvalue weighted by atomic mass is 16.5. The molecule has 0 spiro atoms. The Morgan fingerprint density at radius 2 is 2.15 bits per heavy atom. The SMILES string of the molecule is CCOC(=O)c1cnn(C(C)c2ccc(C#N)cc2)c1. The molecule has 20 heavy (non-hydrogen) atoms. The maximum Gasteiger partial charge on any atom is 0.341 e. The van der Waals surface area contributed by atoms with Crippen LogP contribution in [-0.4, -0.2) is 22.4 Å². The Bertz CT molecular complexity index is 638. The van der Waals surface area contributed by atoms with Crippen LogP contribution in [0.3, 0.4) is 0 Å². The van der Waals surface area contributed by atoms with Gasteiger partial charge in [-0.25, -0.2) is 4.79 Å². The first-order valence-corrected chi connectivity index (χ1v) is 6.37. The third-order valence-electron chi connectivity index (χ3n) is 3.03. The molecule has 2 aromatic rings. The fourth-order valence-electron chi connectivity index (χ4n) is 1.86. The Morgan fingerprint density at radius 3 is 2.75 bits per heavy atom. The largest absolute Gasteiger partial charge is 0.462 e. The summed E-state index contributed by atoms with van der Waals surface area (Å²) in [6.45, 7) is 4.08. The first kappa shape index (κ1) is 13.8. The van der Waals surface area contributed by atoms with Gasteiger partial charge in [0, 0.05) is 6.20 Å². The highest BCUT2D eigenvalue weighted by Gasteiger charge is 2.13. The number of carbonyl (C=O) groups excluding carboxylic acids is 1. The Kier molecular flexibility index (Phi) is 4.16. The Morgan fingerprint density at radius 1 is 1.45 bits per heavy atom. The van der Waals surface area contributed by atoms with Crippen LogP contribution in [0.25, 0.3) is 0 Å². The molecular weight excluding hydrogens is 254 g/mol. The van der Waals surface area contributed by atoms with Crippen molar-refractivity contribution in [3.8, 4) is 6.07 Å². The predicted molar refractivity (Wildman–Crippen MR) is 73.2 cm³/mol. The van der Waals surface area contributed by atoms with Crippen LogP contribution in [0.5, 0.6) is 0 Å². The van der Waals surface area contributed by atoms with Crippen molar-refractivity contribution in [1.82, 2.24) is 9.78 Å². The number of nitriles is 1. The molecule has 0 saturated carbocycles. The zero-order chi connectivity index (χ0) is 14.5. The lowest BCUT2D eigenvalue weighted by Gasteiger charge is -2.12. The fourth-order valence-corrected chi connectivity index (χ4v) is 1.86. The van der Waals surface area contributed by atoms with Gasteiger partial charge < -0.3 is 4.74 Å². The van der Waals surface area contributed by atoms with E-state index in [0.29, 0.717) is 17.7 Å². The minimum absolute atomic E-state index is 0.0223. The first-order valence-electron chi connectivity index (χ1n) is 6.37. The van der Waals surface area contributed by atoms with Crippen LogP contribution >= 0.6 is 0 Å². The highest BCUT2D eigenvalue weighted by Crippen LogP contribution is 2.18. The molecule has 0 aliphatic rings. The molecule has 0 N–H and O–H groups in total. The van der Waals surface area contributed by atoms with E-state index in [-0.39, 0.29) is 12.0 Å². The standard InChI is InChI=1S/C15H15N3O2/c1-3-20-15(19)14-9-17-18(10-14)11(2)13-6-4-12(8-16)5-7-13/h4-7,9-11H,3H2,1-2H3. The Hall–Kier alpha value is -2.61. The lowest BCUT2D eigenvalue weighted by molar-refractivity contribution is 0.0526. The molecular formula is C15H15N3O2. The summed E-state index contributed by atoms with van der Waals surface area (Å²) in [6.07, 6.45) is 3.17. The number of nitrogens with zero attached hydrogens (tertiary/aromatic N) is 3. The normalized spacial score (nSPS) is 11.7. The summed E-state index contributed by atoms with van der Waals surface area (Å²) in [5.41, 5.74) is 2.07. The van der Waals surface area contributed by atoms with E-state index in [1.165, 1.54) is 6.20 Å². The molecule has 0 amide bonds. The smallest absolute Gasteiger partial charge is 0.341 e. The van der Waals surface area contributed by atoms with Gasteiger partial charge in [-0.15, -0.1) is 0 Å². The van der Waals surface area contributed by atoms with E-state index in [2.05, 4.69) is 11.2 Å². The lowest BCUT2D eigenvalue weighted by Crippen LogP contribution is -2.08. The molecule has 5 nitrogen and oxygen atoms in total. The van der Waals surface area contributed by atoms with Crippen molar-refractivity contribution in [2.45, 2.75) is 19.9 Å². The molecule has 1 unspecified atom stereocenters. The number of aromatic nitrogens is 2. The van der Waals surface area contributed by atoms with E-state index in [1.54, 1.807) is 29.9 Å². The van der Waals surface area contributed by atoms with Crippen LogP contribution in [0, 0.1) is 11.3 Å². The minimum Gasteiger partial charge on any atom is -0.462 e. The monoisotopic (exact) mass is 269 g/mol. The molecule has 0 saturated heterocycles. The van der Waals surface area contributed by atoms with Gasteiger partial charge in [0.05, 0.1) is 36.0 Å². The molecule has 5 heteroatoms. The molecule has 0 fully saturated rings. The molecule has 1 aromatic carbocycles. The molecule has 1 atom stereocenters. The van der Waals surface area contributed by atoms with Crippen molar-refractivity contribution in [2.24, 2.45) is 0 Å². The number of rotatable bonds is 4. The minimum atomic E-state index is -0.370. The number of carbonyl (C=O) groups is 1. The molecule has 2 rings (SSSR count). The zero-order valence-corrected chi connectivity index (χ0v) is 11.4. The average Bonchev–Trinajstić information content (AvgIpc) is 2.97. The summed E-state index contributed by atoms with van der Waals surface area (Å²) < 4.78 is 6.63. The van der Waals surface area contributed by atoms with Gasteiger partial charge in [-0.05, 0) is 31.5 Å². The maximum atomic E-state index is 11.6. The molecule has 1 heterocycles. The third kappa shape index (κ3) is 2.86. The zero-order valence-electron chi connectivity index (χ0n) is 11.4. The van der Waals surface area contributed by atoms with Crippen LogP contribution in [-0.2, 0) is 4.74 Å². The predicted octanol–water partition coefficient (Wildman–Crippen LogP) is 2.54. The summed E-state index contributed by atoms with van der Waals surface area (Å²) in [5, 5.41) is 13.0. The second-order valence-corrected chi connectivity index (χ2v) is 4.34. The van der Waals surface area contributed by atoms with Gasteiger partial charge in [0.15, 0.2) is 0 Å². The van der Waals surface area contributed by atoms with E-state index in [4.69, 9.17) is 10.00 Å². The molecule has 102 valence electrons. The van der Waals surface area contributed by atoms with Crippen LogP contribution in [0.15, 0.2) is 36.7 Å². The van der Waals surface area contributed by atoms with E-state index >= 15 is 0 Å². The van der Waals surface area contributed by atoms with Crippen molar-refractivity contribution in [3.05, 3.63) is 53.3 Å². The number of hydrogen-bond acceptors (Lipinski definition) is 4. The molecule has 0 radical (unpaired) electrons. The third-order valence-corrected chi connectivity index (χ3v) is 3.03. The van der Waals surface area contributed by atoms with Gasteiger partial charge in [0.1, 0.15) is 0 Å². The van der Waals surface area contributed by atoms with Gasteiger partial charge in [-0.3, -0.25) is 4.68 Å². The number of benzene rings is 1. The van der Waals surface area contributed by atoms with Crippen LogP contribution in [0.4, 0.5) is 0 Å². The summed E-state index contributed by atoms with van der Waals surface area (Å²) in [4.78, 5) is 11.6. The number of ether oxygens (including phenoxy) is 1. The van der Waals surface area contributed by atoms with Crippen molar-refractivity contribution < 1.29 is 9.53 Å². The summed E-state index contributed by atoms with van der Waals surface area (Å²) in [6, 6.07) is 9.36. The lowest BCUT2D eigenvalue weighted by atomic mass is 10.1. The topological polar surface area (TPSA) is 67.9 Å². The highest BCUT2D eigenvalue weighted by molar-refractivity contribution is 5.88. The molecule has 0 bridgehead atoms. The first-order chi connectivity index (χ1) is 9.65. The summed E-state index contributed by atoms with van der Waals surface area (Å²) in [7, 11) is 0. The molecule has 0 aliphatic heterocycles. The number of hydrogen-bond donors (Lipinski definition) is 0. The quantitative estimate of drug-likeness (QED) is 0.800. The summed E-state index contributed by atoms with van der Waals surface area (Å²) in [5.74, 6) is -0.370. The number of esters is 1. The molecule has 1 aromatic heterocycles. The van der Waals surface area contributed by atoms with Crippen molar-refractivity contribution in [1.29, 1.82) is 5.26 Å². The van der Waals surface area contributed by atoms with Crippen molar-refractivity contribution in [3.63, 3.8) is 0 Å². The second kappa shape index (κ2) is 6.02. The average molecular weight is 269 g/mol. The summed E-state index contributed by atoms with van der Waals surface area (Å²) >= 11 is 0. The van der Waals surface area contributed by atoms with Crippen LogP contribution < -0.4 is 0 Å². The van der Waals surface area contributed by atoms with Gasteiger partial charge in [-0.2, -0.15) is 10.4 Å². The second-order valence-electron chi connectivity index (χ2n) is 4.34. The van der Waals surface area contributed by atoms with E-state index in [9.17, 15) is 4.79 Å². The molecule has 0 aliphatic carbocycles. The Balaban J connectivity index is 2.18. The van der Waals surface area contributed by atoms with Crippen molar-refractivity contribution >= 4 is 5.97 Å². The maximum absolute atomic E-state index is 11.6. The van der Waals surface area contributed by atoms with E-state index in [0.717, 1.165) is 5.56 Å². The van der Waals surface area contributed by atoms with Gasteiger partial charge >= 0.3 is 5.97 Å². The van der Waals surface area contributed by atoms with E-state index in [1.807, 2.05) is 19.1 Å². The Labute approximate surface area is 117 Å². The van der Waals surface area contributed by atoms with Gasteiger partial charge in [0.25, 0.3) is 0 Å². The fraction of sp³-hybridized carbons (Fsp3) is 0.267. The van der Waals surface area contributed by atoms with Crippen LogP contribution in [0.2, 0.25) is 0 Å².